The fourth-order valence-corrected chi connectivity index (χ4v) is 3.67. The van der Waals surface area contributed by atoms with Crippen molar-refractivity contribution in [2.75, 3.05) is 5.75 Å². The normalized spacial score (nSPS) is 15.2. The Hall–Kier alpha value is -3.62. The van der Waals surface area contributed by atoms with Crippen molar-refractivity contribution in [2.24, 2.45) is 11.5 Å². The van der Waals surface area contributed by atoms with Crippen LogP contribution in [0.1, 0.15) is 18.9 Å². The van der Waals surface area contributed by atoms with Crippen LogP contribution in [0.25, 0.3) is 10.9 Å². The van der Waals surface area contributed by atoms with Crippen molar-refractivity contribution in [2.45, 2.75) is 50.0 Å². The van der Waals surface area contributed by atoms with Gasteiger partial charge in [-0.1, -0.05) is 18.2 Å². The highest BCUT2D eigenvalue weighted by molar-refractivity contribution is 7.80. The summed E-state index contributed by atoms with van der Waals surface area (Å²) in [5.41, 5.74) is 12.8. The van der Waals surface area contributed by atoms with Crippen LogP contribution in [0.5, 0.6) is 0 Å². The van der Waals surface area contributed by atoms with Crippen molar-refractivity contribution < 1.29 is 34.2 Å². The Morgan fingerprint density at radius 2 is 1.67 bits per heavy atom. The number of rotatable bonds is 13. The van der Waals surface area contributed by atoms with E-state index >= 15 is 0 Å². The predicted molar refractivity (Wildman–Crippen MR) is 133 cm³/mol. The Morgan fingerprint density at radius 3 is 2.25 bits per heavy atom. The largest absolute Gasteiger partial charge is 0.480 e. The molecule has 0 radical (unpaired) electrons. The van der Waals surface area contributed by atoms with Crippen LogP contribution in [0.4, 0.5) is 0 Å². The van der Waals surface area contributed by atoms with E-state index in [1.54, 1.807) is 6.20 Å². The minimum absolute atomic E-state index is 0.136. The van der Waals surface area contributed by atoms with E-state index in [0.29, 0.717) is 0 Å². The third kappa shape index (κ3) is 7.69. The maximum atomic E-state index is 12.8. The van der Waals surface area contributed by atoms with Crippen LogP contribution in [0.2, 0.25) is 0 Å². The first-order valence-corrected chi connectivity index (χ1v) is 11.6. The SMILES string of the molecule is CC(O)C(NC(=O)C(N)Cc1c[nH]c2ccccc12)C(=O)NC(CC(N)=O)C(=O)NC(CS)C(=O)O. The van der Waals surface area contributed by atoms with Gasteiger partial charge in [0, 0.05) is 22.9 Å². The summed E-state index contributed by atoms with van der Waals surface area (Å²) in [6.07, 6.45) is -0.205. The molecule has 0 aliphatic carbocycles. The topological polar surface area (TPSA) is 230 Å². The highest BCUT2D eigenvalue weighted by Gasteiger charge is 2.33. The maximum absolute atomic E-state index is 12.8. The average molecular weight is 523 g/mol. The van der Waals surface area contributed by atoms with Crippen molar-refractivity contribution >= 4 is 53.1 Å². The molecular formula is C22H30N6O7S. The maximum Gasteiger partial charge on any atom is 0.327 e. The second-order valence-electron chi connectivity index (χ2n) is 8.21. The van der Waals surface area contributed by atoms with E-state index in [-0.39, 0.29) is 12.2 Å². The van der Waals surface area contributed by atoms with Gasteiger partial charge in [0.25, 0.3) is 0 Å². The first-order valence-electron chi connectivity index (χ1n) is 11.0. The summed E-state index contributed by atoms with van der Waals surface area (Å²) in [7, 11) is 0. The molecule has 5 atom stereocenters. The number of thiol groups is 1. The summed E-state index contributed by atoms with van der Waals surface area (Å²) >= 11 is 3.84. The van der Waals surface area contributed by atoms with Gasteiger partial charge in [-0.05, 0) is 25.0 Å². The number of primary amides is 1. The lowest BCUT2D eigenvalue weighted by Crippen LogP contribution is -2.60. The number of H-pyrrole nitrogens is 1. The van der Waals surface area contributed by atoms with Gasteiger partial charge < -0.3 is 42.6 Å². The zero-order valence-electron chi connectivity index (χ0n) is 19.4. The first-order chi connectivity index (χ1) is 16.9. The Balaban J connectivity index is 2.10. The Labute approximate surface area is 211 Å². The molecule has 0 saturated carbocycles. The van der Waals surface area contributed by atoms with Crippen LogP contribution in [-0.2, 0) is 30.4 Å². The molecule has 14 heteroatoms. The van der Waals surface area contributed by atoms with Crippen LogP contribution in [0, 0.1) is 0 Å². The van der Waals surface area contributed by atoms with E-state index in [2.05, 4.69) is 33.6 Å². The summed E-state index contributed by atoms with van der Waals surface area (Å²) < 4.78 is 0. The molecule has 2 aromatic rings. The van der Waals surface area contributed by atoms with Crippen molar-refractivity contribution in [3.63, 3.8) is 0 Å². The fraction of sp³-hybridized carbons (Fsp3) is 0.409. The number of aliphatic carboxylic acids is 1. The van der Waals surface area contributed by atoms with Gasteiger partial charge in [-0.15, -0.1) is 0 Å². The molecule has 0 aliphatic rings. The molecule has 0 saturated heterocycles. The monoisotopic (exact) mass is 522 g/mol. The number of carboxylic acid groups (broad SMARTS) is 1. The molecule has 1 aromatic carbocycles. The number of hydrogen-bond donors (Lipinski definition) is 9. The number of fused-ring (bicyclic) bond motifs is 1. The molecule has 13 nitrogen and oxygen atoms in total. The highest BCUT2D eigenvalue weighted by atomic mass is 32.1. The summed E-state index contributed by atoms with van der Waals surface area (Å²) in [6.45, 7) is 1.24. The van der Waals surface area contributed by atoms with Crippen molar-refractivity contribution in [3.05, 3.63) is 36.0 Å². The number of carbonyl (C=O) groups excluding carboxylic acids is 4. The lowest BCUT2D eigenvalue weighted by Gasteiger charge is -2.26. The van der Waals surface area contributed by atoms with E-state index in [9.17, 15) is 29.1 Å². The molecule has 0 spiro atoms. The molecule has 0 fully saturated rings. The molecule has 2 rings (SSSR count). The molecule has 36 heavy (non-hydrogen) atoms. The highest BCUT2D eigenvalue weighted by Crippen LogP contribution is 2.18. The lowest BCUT2D eigenvalue weighted by atomic mass is 10.0. The fourth-order valence-electron chi connectivity index (χ4n) is 3.43. The molecule has 0 bridgehead atoms. The number of carbonyl (C=O) groups is 5. The Morgan fingerprint density at radius 1 is 1.03 bits per heavy atom. The number of hydrogen-bond acceptors (Lipinski definition) is 8. The average Bonchev–Trinajstić information content (AvgIpc) is 3.22. The van der Waals surface area contributed by atoms with Gasteiger partial charge in [0.05, 0.1) is 18.6 Å². The molecule has 1 heterocycles. The Bertz CT molecular complexity index is 1120. The van der Waals surface area contributed by atoms with E-state index < -0.39 is 66.3 Å². The van der Waals surface area contributed by atoms with Crippen molar-refractivity contribution in [1.82, 2.24) is 20.9 Å². The number of aliphatic hydroxyl groups is 1. The number of para-hydroxylation sites is 1. The molecule has 0 aliphatic heterocycles. The first kappa shape index (κ1) is 28.6. The number of benzene rings is 1. The number of aromatic nitrogens is 1. The number of nitrogens with two attached hydrogens (primary N) is 2. The minimum atomic E-state index is -1.56. The van der Waals surface area contributed by atoms with Gasteiger partial charge in [-0.25, -0.2) is 4.79 Å². The number of aliphatic hydroxyl groups excluding tert-OH is 1. The second-order valence-corrected chi connectivity index (χ2v) is 8.58. The standard InChI is InChI=1S/C22H30N6O7S/c1-10(29)18(21(33)26-15(7-17(24)30)20(32)27-16(9-36)22(34)35)28-19(31)13(23)6-11-8-25-14-5-3-2-4-12(11)14/h2-5,8,10,13,15-16,18,25,29,36H,6-7,9,23H2,1H3,(H2,24,30)(H,26,33)(H,27,32)(H,28,31)(H,34,35). The molecule has 4 amide bonds. The van der Waals surface area contributed by atoms with Crippen LogP contribution < -0.4 is 27.4 Å². The van der Waals surface area contributed by atoms with Gasteiger partial charge >= 0.3 is 5.97 Å². The zero-order valence-corrected chi connectivity index (χ0v) is 20.3. The van der Waals surface area contributed by atoms with Gasteiger partial charge in [0.1, 0.15) is 18.1 Å². The molecule has 1 aromatic heterocycles. The van der Waals surface area contributed by atoms with Gasteiger partial charge in [-0.3, -0.25) is 19.2 Å². The van der Waals surface area contributed by atoms with Crippen LogP contribution in [-0.4, -0.2) is 80.8 Å². The summed E-state index contributed by atoms with van der Waals surface area (Å²) in [5.74, 6) is -5.32. The summed E-state index contributed by atoms with van der Waals surface area (Å²) in [6, 6.07) is 1.87. The second kappa shape index (κ2) is 12.9. The molecule has 10 N–H and O–H groups in total. The van der Waals surface area contributed by atoms with Crippen LogP contribution >= 0.6 is 12.6 Å². The number of nitrogens with one attached hydrogen (secondary N) is 4. The number of carboxylic acids is 1. The summed E-state index contributed by atoms with van der Waals surface area (Å²) in [4.78, 5) is 63.7. The van der Waals surface area contributed by atoms with E-state index in [0.717, 1.165) is 16.5 Å². The number of amides is 4. The van der Waals surface area contributed by atoms with Gasteiger partial charge in [0.2, 0.25) is 23.6 Å². The lowest BCUT2D eigenvalue weighted by molar-refractivity contribution is -0.142. The zero-order chi connectivity index (χ0) is 27.0. The number of aromatic amines is 1. The van der Waals surface area contributed by atoms with Crippen LogP contribution in [0.3, 0.4) is 0 Å². The van der Waals surface area contributed by atoms with E-state index in [4.69, 9.17) is 16.6 Å². The third-order valence-electron chi connectivity index (χ3n) is 5.35. The Kier molecular flexibility index (Phi) is 10.3. The van der Waals surface area contributed by atoms with Crippen molar-refractivity contribution in [1.29, 1.82) is 0 Å². The van der Waals surface area contributed by atoms with E-state index in [1.807, 2.05) is 24.3 Å². The third-order valence-corrected chi connectivity index (χ3v) is 5.71. The molecular weight excluding hydrogens is 492 g/mol. The molecule has 5 unspecified atom stereocenters. The van der Waals surface area contributed by atoms with Gasteiger partial charge in [0.15, 0.2) is 0 Å². The van der Waals surface area contributed by atoms with E-state index in [1.165, 1.54) is 6.92 Å². The van der Waals surface area contributed by atoms with Gasteiger partial charge in [-0.2, -0.15) is 12.6 Å². The van der Waals surface area contributed by atoms with Crippen LogP contribution in [0.15, 0.2) is 30.5 Å². The predicted octanol–water partition coefficient (Wildman–Crippen LogP) is -2.24. The smallest absolute Gasteiger partial charge is 0.327 e. The van der Waals surface area contributed by atoms with Crippen molar-refractivity contribution in [3.8, 4) is 0 Å². The minimum Gasteiger partial charge on any atom is -0.480 e. The summed E-state index contributed by atoms with van der Waals surface area (Å²) in [5, 5.41) is 26.8. The quantitative estimate of drug-likeness (QED) is 0.130. The molecule has 196 valence electrons.